The smallest absolute Gasteiger partial charge is 0.352 e. The van der Waals surface area contributed by atoms with Gasteiger partial charge in [-0.15, -0.1) is 11.8 Å². The van der Waals surface area contributed by atoms with Gasteiger partial charge in [0.2, 0.25) is 11.5 Å². The zero-order valence-electron chi connectivity index (χ0n) is 21.2. The Hall–Kier alpha value is -3.67. The molecule has 0 radical (unpaired) electrons. The van der Waals surface area contributed by atoms with Gasteiger partial charge in [-0.1, -0.05) is 16.9 Å². The van der Waals surface area contributed by atoms with Gasteiger partial charge in [-0.05, 0) is 19.1 Å². The molecule has 3 aromatic heterocycles. The third-order valence-corrected chi connectivity index (χ3v) is 9.03. The minimum absolute atomic E-state index is 0.0248. The van der Waals surface area contributed by atoms with E-state index in [4.69, 9.17) is 16.3 Å². The van der Waals surface area contributed by atoms with Gasteiger partial charge in [-0.2, -0.15) is 13.8 Å². The van der Waals surface area contributed by atoms with Gasteiger partial charge in [0.25, 0.3) is 17.5 Å². The number of β-lactam (4-membered cyclic amide) rings is 1. The lowest BCUT2D eigenvalue weighted by Crippen LogP contribution is -2.71. The predicted octanol–water partition coefficient (Wildman–Crippen LogP) is -0.109. The van der Waals surface area contributed by atoms with Gasteiger partial charge in [0, 0.05) is 41.2 Å². The summed E-state index contributed by atoms with van der Waals surface area (Å²) in [7, 11) is 0. The number of nitrogens with one attached hydrogen (secondary N) is 1. The highest BCUT2D eigenvalue weighted by Gasteiger charge is 2.54. The number of nitrogen functional groups attached to an aromatic ring is 1. The standard InChI is InChI=1S/C23H25N9O5S3/c1-2-37-28-15(18-27-23(25)40-29-18)19(33)26-16-20(34)32-17(22(35)36)12(11-39-21(16)32)10-30-7-8-31-13(30)4-3-5-14(31)38-9-6-24/h3-5,7-8,16,21H,2,6,9-11,24H2,1H3,(H3-,25,26,27,29,33,35,36)/p+1/b28-15-/t16-,21+/m1/s1. The fraction of sp³-hybridized carbons (Fsp3) is 0.348. The minimum atomic E-state index is -1.21. The quantitative estimate of drug-likeness (QED) is 0.0750. The van der Waals surface area contributed by atoms with E-state index < -0.39 is 29.2 Å². The number of carboxylic acid groups (broad SMARTS) is 1. The number of pyridine rings is 1. The van der Waals surface area contributed by atoms with Gasteiger partial charge in [-0.25, -0.2) is 9.36 Å². The maximum absolute atomic E-state index is 13.2. The van der Waals surface area contributed by atoms with Crippen LogP contribution in [0.15, 0.2) is 52.0 Å². The van der Waals surface area contributed by atoms with E-state index >= 15 is 0 Å². The molecule has 1 saturated heterocycles. The van der Waals surface area contributed by atoms with E-state index in [0.29, 0.717) is 17.9 Å². The van der Waals surface area contributed by atoms with Gasteiger partial charge in [-0.3, -0.25) is 14.5 Å². The number of rotatable bonds is 11. The van der Waals surface area contributed by atoms with Crippen LogP contribution in [0.2, 0.25) is 0 Å². The highest BCUT2D eigenvalue weighted by Crippen LogP contribution is 2.40. The zero-order chi connectivity index (χ0) is 28.4. The molecule has 2 aliphatic rings. The molecule has 5 heterocycles. The Morgan fingerprint density at radius 2 is 2.23 bits per heavy atom. The summed E-state index contributed by atoms with van der Waals surface area (Å²) in [5.74, 6) is -1.36. The average Bonchev–Trinajstić information content (AvgIpc) is 3.56. The minimum Gasteiger partial charge on any atom is -0.477 e. The van der Waals surface area contributed by atoms with E-state index in [1.165, 1.54) is 16.7 Å². The van der Waals surface area contributed by atoms with Crippen LogP contribution in [-0.2, 0) is 25.8 Å². The average molecular weight is 605 g/mol. The van der Waals surface area contributed by atoms with Gasteiger partial charge in [0.05, 0.1) is 0 Å². The summed E-state index contributed by atoms with van der Waals surface area (Å²) >= 11 is 3.90. The van der Waals surface area contributed by atoms with E-state index in [2.05, 4.69) is 19.8 Å². The first-order valence-corrected chi connectivity index (χ1v) is 15.0. The Morgan fingerprint density at radius 1 is 1.40 bits per heavy atom. The second-order valence-corrected chi connectivity index (χ2v) is 11.6. The lowest BCUT2D eigenvalue weighted by molar-refractivity contribution is -0.662. The Kier molecular flexibility index (Phi) is 8.24. The van der Waals surface area contributed by atoms with E-state index in [0.717, 1.165) is 28.0 Å². The number of carbonyl (C=O) groups is 3. The Labute approximate surface area is 240 Å². The van der Waals surface area contributed by atoms with Crippen molar-refractivity contribution in [2.24, 2.45) is 10.9 Å². The van der Waals surface area contributed by atoms with Crippen molar-refractivity contribution in [1.82, 2.24) is 24.0 Å². The van der Waals surface area contributed by atoms with Crippen molar-refractivity contribution in [1.29, 1.82) is 0 Å². The SMILES string of the molecule is CCO/N=C(\C(=O)N[C@@H]1C(=O)N2C(C(=O)O)=C(C[n+]3ccn4c(SCCN)cccc43)CS[C@@H]12)c1nsc(N)n1. The molecule has 0 saturated carbocycles. The number of aromatic nitrogens is 4. The number of nitrogens with two attached hydrogens (primary N) is 2. The summed E-state index contributed by atoms with van der Waals surface area (Å²) in [5.41, 5.74) is 12.5. The normalized spacial score (nSPS) is 19.0. The van der Waals surface area contributed by atoms with Crippen LogP contribution in [0.3, 0.4) is 0 Å². The second kappa shape index (κ2) is 11.8. The molecule has 210 valence electrons. The second-order valence-electron chi connectivity index (χ2n) is 8.59. The highest BCUT2D eigenvalue weighted by molar-refractivity contribution is 8.00. The Balaban J connectivity index is 1.36. The molecule has 0 aromatic carbocycles. The molecular weight excluding hydrogens is 579 g/mol. The zero-order valence-corrected chi connectivity index (χ0v) is 23.7. The summed E-state index contributed by atoms with van der Waals surface area (Å²) in [6.45, 7) is 2.73. The first-order chi connectivity index (χ1) is 19.3. The van der Waals surface area contributed by atoms with Crippen LogP contribution in [0.4, 0.5) is 5.13 Å². The number of oxime groups is 1. The van der Waals surface area contributed by atoms with Crippen LogP contribution in [-0.4, -0.2) is 83.3 Å². The molecule has 14 nitrogen and oxygen atoms in total. The van der Waals surface area contributed by atoms with Crippen molar-refractivity contribution in [2.45, 2.75) is 29.9 Å². The molecule has 17 heteroatoms. The number of carbonyl (C=O) groups excluding carboxylic acids is 2. The van der Waals surface area contributed by atoms with Gasteiger partial charge in [0.15, 0.2) is 10.2 Å². The number of carboxylic acids is 1. The van der Waals surface area contributed by atoms with Crippen molar-refractivity contribution in [2.75, 3.05) is 30.4 Å². The number of imidazole rings is 1. The first kappa shape index (κ1) is 27.9. The molecular formula is C23H26N9O5S3+. The van der Waals surface area contributed by atoms with Crippen molar-refractivity contribution in [3.8, 4) is 0 Å². The molecule has 0 spiro atoms. The van der Waals surface area contributed by atoms with Crippen LogP contribution >= 0.6 is 35.1 Å². The molecule has 40 heavy (non-hydrogen) atoms. The third-order valence-electron chi connectivity index (χ3n) is 6.08. The fourth-order valence-electron chi connectivity index (χ4n) is 4.38. The molecule has 2 amide bonds. The number of fused-ring (bicyclic) bond motifs is 2. The number of hydrogen-bond donors (Lipinski definition) is 4. The Bertz CT molecular complexity index is 1530. The number of amides is 2. The van der Waals surface area contributed by atoms with E-state index in [1.54, 1.807) is 18.7 Å². The molecule has 5 rings (SSSR count). The largest absolute Gasteiger partial charge is 0.477 e. The molecule has 2 aliphatic heterocycles. The fourth-order valence-corrected chi connectivity index (χ4v) is 6.94. The molecule has 2 atom stereocenters. The molecule has 0 aliphatic carbocycles. The highest BCUT2D eigenvalue weighted by atomic mass is 32.2. The lowest BCUT2D eigenvalue weighted by atomic mass is 10.0. The maximum atomic E-state index is 13.2. The number of aliphatic carboxylic acids is 1. The van der Waals surface area contributed by atoms with Gasteiger partial charge >= 0.3 is 5.97 Å². The lowest BCUT2D eigenvalue weighted by Gasteiger charge is -2.49. The number of thioether (sulfide) groups is 2. The summed E-state index contributed by atoms with van der Waals surface area (Å²) < 4.78 is 7.96. The van der Waals surface area contributed by atoms with Crippen molar-refractivity contribution < 1.29 is 28.9 Å². The summed E-state index contributed by atoms with van der Waals surface area (Å²) in [5, 5.41) is 17.1. The maximum Gasteiger partial charge on any atom is 0.352 e. The van der Waals surface area contributed by atoms with Crippen LogP contribution in [0.1, 0.15) is 12.7 Å². The predicted molar refractivity (Wildman–Crippen MR) is 150 cm³/mol. The van der Waals surface area contributed by atoms with Gasteiger partial charge < -0.3 is 26.7 Å². The van der Waals surface area contributed by atoms with Gasteiger partial charge in [0.1, 0.15) is 42.7 Å². The van der Waals surface area contributed by atoms with Crippen molar-refractivity contribution >= 4 is 69.3 Å². The number of anilines is 1. The van der Waals surface area contributed by atoms with E-state index in [1.807, 2.05) is 39.6 Å². The molecule has 3 aromatic rings. The van der Waals surface area contributed by atoms with E-state index in [9.17, 15) is 19.5 Å². The molecule has 1 fully saturated rings. The topological polar surface area (TPSA) is 194 Å². The number of nitrogens with zero attached hydrogens (tertiary/aromatic N) is 6. The monoisotopic (exact) mass is 604 g/mol. The van der Waals surface area contributed by atoms with Crippen LogP contribution < -0.4 is 21.4 Å². The summed E-state index contributed by atoms with van der Waals surface area (Å²) in [6, 6.07) is 4.92. The summed E-state index contributed by atoms with van der Waals surface area (Å²) in [4.78, 5) is 48.8. The molecule has 0 unspecified atom stereocenters. The molecule has 6 N–H and O–H groups in total. The first-order valence-electron chi connectivity index (χ1n) is 12.2. The third kappa shape index (κ3) is 5.24. The molecule has 0 bridgehead atoms. The van der Waals surface area contributed by atoms with Crippen LogP contribution in [0, 0.1) is 0 Å². The number of hydrogen-bond acceptors (Lipinski definition) is 12. The van der Waals surface area contributed by atoms with Crippen LogP contribution in [0.25, 0.3) is 5.65 Å². The summed E-state index contributed by atoms with van der Waals surface area (Å²) in [6.07, 6.45) is 3.80. The van der Waals surface area contributed by atoms with Crippen molar-refractivity contribution in [3.63, 3.8) is 0 Å². The van der Waals surface area contributed by atoms with E-state index in [-0.39, 0.29) is 35.5 Å². The Morgan fingerprint density at radius 3 is 2.92 bits per heavy atom. The van der Waals surface area contributed by atoms with Crippen LogP contribution in [0.5, 0.6) is 0 Å². The van der Waals surface area contributed by atoms with Crippen molar-refractivity contribution in [3.05, 3.63) is 47.7 Å².